The summed E-state index contributed by atoms with van der Waals surface area (Å²) in [4.78, 5) is 13.2. The van der Waals surface area contributed by atoms with E-state index in [1.165, 1.54) is 25.6 Å². The van der Waals surface area contributed by atoms with Crippen molar-refractivity contribution < 1.29 is 18.3 Å². The van der Waals surface area contributed by atoms with Crippen LogP contribution in [-0.4, -0.2) is 57.1 Å². The minimum atomic E-state index is -0.662. The minimum Gasteiger partial charge on any atom is -0.497 e. The first-order valence-electron chi connectivity index (χ1n) is 10.9. The van der Waals surface area contributed by atoms with E-state index < -0.39 is 11.6 Å². The SMILES string of the molecule is COc1cc(F)c(CN2Cn3ncnc3-c3cc(CN4C[C@@H](C)O[C@@H](C)C4)cnc32)c(F)c1. The van der Waals surface area contributed by atoms with Gasteiger partial charge in [0.15, 0.2) is 5.82 Å². The van der Waals surface area contributed by atoms with Crippen LogP contribution in [0.25, 0.3) is 11.4 Å². The molecule has 2 aliphatic heterocycles. The Kier molecular flexibility index (Phi) is 5.71. The second kappa shape index (κ2) is 8.68. The van der Waals surface area contributed by atoms with Crippen LogP contribution in [0, 0.1) is 11.6 Å². The molecule has 0 N–H and O–H groups in total. The normalized spacial score (nSPS) is 20.5. The number of fused-ring (bicyclic) bond motifs is 3. The first-order valence-corrected chi connectivity index (χ1v) is 10.9. The van der Waals surface area contributed by atoms with E-state index in [9.17, 15) is 8.78 Å². The summed E-state index contributed by atoms with van der Waals surface area (Å²) in [6.45, 7) is 6.86. The molecule has 8 nitrogen and oxygen atoms in total. The molecule has 0 spiro atoms. The zero-order valence-electron chi connectivity index (χ0n) is 18.8. The maximum absolute atomic E-state index is 14.6. The molecule has 0 saturated carbocycles. The lowest BCUT2D eigenvalue weighted by Gasteiger charge is -2.35. The van der Waals surface area contributed by atoms with Crippen LogP contribution in [0.4, 0.5) is 14.6 Å². The molecule has 10 heteroatoms. The molecule has 1 fully saturated rings. The van der Waals surface area contributed by atoms with E-state index in [1.807, 2.05) is 12.3 Å². The van der Waals surface area contributed by atoms with Crippen LogP contribution in [0.3, 0.4) is 0 Å². The summed E-state index contributed by atoms with van der Waals surface area (Å²) in [5.41, 5.74) is 1.78. The summed E-state index contributed by atoms with van der Waals surface area (Å²) in [6.07, 6.45) is 3.65. The highest BCUT2D eigenvalue weighted by Gasteiger charge is 2.28. The first kappa shape index (κ1) is 21.7. The van der Waals surface area contributed by atoms with E-state index in [0.29, 0.717) is 11.6 Å². The second-order valence-corrected chi connectivity index (χ2v) is 8.66. The third-order valence-corrected chi connectivity index (χ3v) is 5.98. The third kappa shape index (κ3) is 4.28. The van der Waals surface area contributed by atoms with E-state index in [-0.39, 0.29) is 36.7 Å². The maximum atomic E-state index is 14.6. The zero-order chi connectivity index (χ0) is 23.1. The van der Waals surface area contributed by atoms with Crippen molar-refractivity contribution in [2.45, 2.75) is 45.8 Å². The van der Waals surface area contributed by atoms with Gasteiger partial charge < -0.3 is 14.4 Å². The molecule has 174 valence electrons. The van der Waals surface area contributed by atoms with E-state index >= 15 is 0 Å². The topological polar surface area (TPSA) is 68.5 Å². The average Bonchev–Trinajstić information content (AvgIpc) is 3.24. The van der Waals surface area contributed by atoms with Crippen molar-refractivity contribution in [2.75, 3.05) is 25.1 Å². The number of morpholine rings is 1. The van der Waals surface area contributed by atoms with Crippen molar-refractivity contribution in [3.63, 3.8) is 0 Å². The number of rotatable bonds is 5. The average molecular weight is 456 g/mol. The van der Waals surface area contributed by atoms with Crippen LogP contribution < -0.4 is 9.64 Å². The van der Waals surface area contributed by atoms with Gasteiger partial charge in [-0.3, -0.25) is 4.90 Å². The second-order valence-electron chi connectivity index (χ2n) is 8.66. The van der Waals surface area contributed by atoms with Crippen LogP contribution in [-0.2, 0) is 24.5 Å². The highest BCUT2D eigenvalue weighted by atomic mass is 19.1. The predicted octanol–water partition coefficient (Wildman–Crippen LogP) is 3.21. The van der Waals surface area contributed by atoms with Crippen molar-refractivity contribution in [3.8, 4) is 17.1 Å². The van der Waals surface area contributed by atoms with Gasteiger partial charge in [0.2, 0.25) is 0 Å². The molecule has 1 saturated heterocycles. The van der Waals surface area contributed by atoms with Crippen LogP contribution in [0.15, 0.2) is 30.7 Å². The lowest BCUT2D eigenvalue weighted by molar-refractivity contribution is -0.0705. The summed E-state index contributed by atoms with van der Waals surface area (Å²) in [7, 11) is 1.38. The van der Waals surface area contributed by atoms with E-state index in [1.54, 1.807) is 9.58 Å². The Hall–Kier alpha value is -3.11. The van der Waals surface area contributed by atoms with Crippen molar-refractivity contribution in [1.82, 2.24) is 24.6 Å². The molecule has 0 radical (unpaired) electrons. The van der Waals surface area contributed by atoms with E-state index in [0.717, 1.165) is 30.8 Å². The molecule has 2 aromatic heterocycles. The minimum absolute atomic E-state index is 0.00119. The summed E-state index contributed by atoms with van der Waals surface area (Å²) in [5.74, 6) is 0.128. The van der Waals surface area contributed by atoms with Gasteiger partial charge >= 0.3 is 0 Å². The number of hydrogen-bond acceptors (Lipinski definition) is 7. The maximum Gasteiger partial charge on any atom is 0.163 e. The number of halogens is 2. The fourth-order valence-corrected chi connectivity index (χ4v) is 4.64. The van der Waals surface area contributed by atoms with Gasteiger partial charge in [0, 0.05) is 43.5 Å². The molecular weight excluding hydrogens is 430 g/mol. The number of aromatic nitrogens is 4. The number of ether oxygens (including phenoxy) is 2. The van der Waals surface area contributed by atoms with Gasteiger partial charge in [0.25, 0.3) is 0 Å². The van der Waals surface area contributed by atoms with Gasteiger partial charge in [-0.1, -0.05) is 0 Å². The van der Waals surface area contributed by atoms with Crippen molar-refractivity contribution in [1.29, 1.82) is 0 Å². The van der Waals surface area contributed by atoms with Crippen LogP contribution in [0.1, 0.15) is 25.0 Å². The number of anilines is 1. The Balaban J connectivity index is 1.45. The molecule has 1 aromatic carbocycles. The summed E-state index contributed by atoms with van der Waals surface area (Å²) < 4.78 is 41.8. The Morgan fingerprint density at radius 3 is 2.48 bits per heavy atom. The number of methoxy groups -OCH3 is 1. The van der Waals surface area contributed by atoms with E-state index in [2.05, 4.69) is 33.8 Å². The molecule has 5 rings (SSSR count). The number of nitrogens with zero attached hydrogens (tertiary/aromatic N) is 6. The molecular formula is C23H26F2N6O2. The predicted molar refractivity (Wildman–Crippen MR) is 118 cm³/mol. The van der Waals surface area contributed by atoms with Gasteiger partial charge in [-0.2, -0.15) is 5.10 Å². The monoisotopic (exact) mass is 456 g/mol. The molecule has 2 aliphatic rings. The van der Waals surface area contributed by atoms with E-state index in [4.69, 9.17) is 9.47 Å². The largest absolute Gasteiger partial charge is 0.497 e. The molecule has 0 bridgehead atoms. The Bertz CT molecular complexity index is 1140. The highest BCUT2D eigenvalue weighted by Crippen LogP contribution is 2.35. The Labute approximate surface area is 190 Å². The molecule has 0 unspecified atom stereocenters. The van der Waals surface area contributed by atoms with Gasteiger partial charge in [-0.25, -0.2) is 23.4 Å². The standard InChI is InChI=1S/C23H26F2N6O2/c1-14-8-29(9-15(2)33-14)10-16-4-18-22(26-7-16)30(13-31-23(18)27-12-28-31)11-19-20(24)5-17(32-3)6-21(19)25/h4-7,12,14-15H,8-11,13H2,1-3H3/t14-,15+. The molecule has 0 amide bonds. The summed E-state index contributed by atoms with van der Waals surface area (Å²) in [6, 6.07) is 4.41. The molecule has 2 atom stereocenters. The summed E-state index contributed by atoms with van der Waals surface area (Å²) in [5, 5.41) is 4.29. The number of hydrogen-bond donors (Lipinski definition) is 0. The summed E-state index contributed by atoms with van der Waals surface area (Å²) >= 11 is 0. The molecule has 33 heavy (non-hydrogen) atoms. The van der Waals surface area contributed by atoms with Crippen LogP contribution in [0.5, 0.6) is 5.75 Å². The van der Waals surface area contributed by atoms with Gasteiger partial charge in [0.1, 0.15) is 36.2 Å². The molecule has 4 heterocycles. The fourth-order valence-electron chi connectivity index (χ4n) is 4.64. The highest BCUT2D eigenvalue weighted by molar-refractivity contribution is 5.73. The lowest BCUT2D eigenvalue weighted by Crippen LogP contribution is -2.44. The fraction of sp³-hybridized carbons (Fsp3) is 0.435. The Morgan fingerprint density at radius 1 is 1.06 bits per heavy atom. The van der Waals surface area contributed by atoms with Crippen LogP contribution in [0.2, 0.25) is 0 Å². The zero-order valence-corrected chi connectivity index (χ0v) is 18.8. The quantitative estimate of drug-likeness (QED) is 0.584. The smallest absolute Gasteiger partial charge is 0.163 e. The third-order valence-electron chi connectivity index (χ3n) is 5.98. The first-order chi connectivity index (χ1) is 15.9. The molecule has 3 aromatic rings. The lowest BCUT2D eigenvalue weighted by atomic mass is 10.1. The number of benzene rings is 1. The van der Waals surface area contributed by atoms with Crippen molar-refractivity contribution in [2.24, 2.45) is 0 Å². The van der Waals surface area contributed by atoms with Gasteiger partial charge in [-0.05, 0) is 25.5 Å². The Morgan fingerprint density at radius 2 is 1.79 bits per heavy atom. The van der Waals surface area contributed by atoms with Gasteiger partial charge in [0.05, 0.1) is 31.4 Å². The van der Waals surface area contributed by atoms with Crippen molar-refractivity contribution in [3.05, 3.63) is 53.5 Å². The number of pyridine rings is 1. The molecule has 0 aliphatic carbocycles. The van der Waals surface area contributed by atoms with Crippen LogP contribution >= 0.6 is 0 Å². The van der Waals surface area contributed by atoms with Crippen molar-refractivity contribution >= 4 is 5.82 Å². The van der Waals surface area contributed by atoms with Gasteiger partial charge in [-0.15, -0.1) is 0 Å².